The van der Waals surface area contributed by atoms with Gasteiger partial charge in [0.2, 0.25) is 5.91 Å². The third kappa shape index (κ3) is 2.92. The van der Waals surface area contributed by atoms with Crippen LogP contribution in [0.15, 0.2) is 16.8 Å². The van der Waals surface area contributed by atoms with Crippen molar-refractivity contribution in [2.24, 2.45) is 5.41 Å². The summed E-state index contributed by atoms with van der Waals surface area (Å²) in [6.45, 7) is 0.117. The van der Waals surface area contributed by atoms with Crippen molar-refractivity contribution < 1.29 is 18.0 Å². The van der Waals surface area contributed by atoms with Gasteiger partial charge in [0.1, 0.15) is 0 Å². The summed E-state index contributed by atoms with van der Waals surface area (Å²) in [4.78, 5) is 11.9. The zero-order valence-electron chi connectivity index (χ0n) is 10.2. The van der Waals surface area contributed by atoms with Gasteiger partial charge in [-0.3, -0.25) is 4.79 Å². The largest absolute Gasteiger partial charge is 0.404 e. The summed E-state index contributed by atoms with van der Waals surface area (Å²) < 4.78 is 39.2. The van der Waals surface area contributed by atoms with Crippen molar-refractivity contribution in [3.63, 3.8) is 0 Å². The molecule has 2 heterocycles. The predicted molar refractivity (Wildman–Crippen MR) is 67.0 cm³/mol. The zero-order valence-corrected chi connectivity index (χ0v) is 11.0. The Morgan fingerprint density at radius 3 is 2.84 bits per heavy atom. The molecule has 1 atom stereocenters. The number of thiophene rings is 1. The van der Waals surface area contributed by atoms with E-state index < -0.39 is 17.5 Å². The van der Waals surface area contributed by atoms with E-state index in [1.165, 1.54) is 11.3 Å². The number of halogens is 3. The van der Waals surface area contributed by atoms with Crippen LogP contribution in [-0.2, 0) is 11.2 Å². The van der Waals surface area contributed by atoms with Gasteiger partial charge in [-0.1, -0.05) is 0 Å². The van der Waals surface area contributed by atoms with E-state index in [0.29, 0.717) is 6.42 Å². The van der Waals surface area contributed by atoms with E-state index in [9.17, 15) is 18.0 Å². The van der Waals surface area contributed by atoms with Crippen LogP contribution in [0.1, 0.15) is 12.0 Å². The first-order chi connectivity index (χ1) is 8.96. The van der Waals surface area contributed by atoms with Crippen molar-refractivity contribution in [3.8, 4) is 0 Å². The van der Waals surface area contributed by atoms with Crippen LogP contribution >= 0.6 is 11.3 Å². The van der Waals surface area contributed by atoms with Gasteiger partial charge < -0.3 is 10.6 Å². The molecule has 19 heavy (non-hydrogen) atoms. The summed E-state index contributed by atoms with van der Waals surface area (Å²) >= 11 is 1.52. The molecule has 1 saturated heterocycles. The number of rotatable bonds is 4. The normalized spacial score (nSPS) is 23.5. The van der Waals surface area contributed by atoms with E-state index >= 15 is 0 Å². The van der Waals surface area contributed by atoms with Crippen LogP contribution in [-0.4, -0.2) is 31.7 Å². The van der Waals surface area contributed by atoms with Gasteiger partial charge in [-0.25, -0.2) is 0 Å². The lowest BCUT2D eigenvalue weighted by Gasteiger charge is -2.29. The lowest BCUT2D eigenvalue weighted by Crippen LogP contribution is -2.52. The highest BCUT2D eigenvalue weighted by Crippen LogP contribution is 2.43. The smallest absolute Gasteiger partial charge is 0.355 e. The molecule has 1 fully saturated rings. The van der Waals surface area contributed by atoms with Crippen LogP contribution in [0, 0.1) is 5.41 Å². The van der Waals surface area contributed by atoms with Crippen molar-refractivity contribution in [1.29, 1.82) is 0 Å². The molecular weight excluding hydrogens is 277 g/mol. The molecule has 3 nitrogen and oxygen atoms in total. The Labute approximate surface area is 113 Å². The van der Waals surface area contributed by atoms with Crippen molar-refractivity contribution in [3.05, 3.63) is 22.4 Å². The fraction of sp³-hybridized carbons (Fsp3) is 0.583. The fourth-order valence-electron chi connectivity index (χ4n) is 2.18. The van der Waals surface area contributed by atoms with Crippen LogP contribution in [0.5, 0.6) is 0 Å². The van der Waals surface area contributed by atoms with Crippen LogP contribution in [0.2, 0.25) is 0 Å². The second-order valence-electron chi connectivity index (χ2n) is 4.64. The van der Waals surface area contributed by atoms with Gasteiger partial charge in [-0.15, -0.1) is 0 Å². The summed E-state index contributed by atoms with van der Waals surface area (Å²) in [7, 11) is 0. The number of carbonyl (C=O) groups excluding carboxylic acids is 1. The highest BCUT2D eigenvalue weighted by molar-refractivity contribution is 7.07. The highest BCUT2D eigenvalue weighted by Gasteiger charge is 2.61. The molecule has 0 aromatic carbocycles. The standard InChI is InChI=1S/C12H15F3N2OS/c13-12(14,15)11(3-5-16-8-11)10(18)17-4-1-9-2-6-19-7-9/h2,6-7,16H,1,3-5,8H2,(H,17,18). The second kappa shape index (κ2) is 5.50. The molecule has 106 valence electrons. The van der Waals surface area contributed by atoms with E-state index in [0.717, 1.165) is 5.56 Å². The molecule has 2 N–H and O–H groups in total. The molecule has 7 heteroatoms. The molecule has 1 aromatic rings. The van der Waals surface area contributed by atoms with Crippen LogP contribution in [0.4, 0.5) is 13.2 Å². The average molecular weight is 292 g/mol. The van der Waals surface area contributed by atoms with E-state index in [1.54, 1.807) is 0 Å². The maximum atomic E-state index is 13.1. The maximum absolute atomic E-state index is 13.1. The summed E-state index contributed by atoms with van der Waals surface area (Å²) in [6, 6.07) is 1.90. The molecule has 0 spiro atoms. The van der Waals surface area contributed by atoms with E-state index in [2.05, 4.69) is 10.6 Å². The van der Waals surface area contributed by atoms with Crippen molar-refractivity contribution >= 4 is 17.2 Å². The van der Waals surface area contributed by atoms with Crippen molar-refractivity contribution in [2.45, 2.75) is 19.0 Å². The number of hydrogen-bond acceptors (Lipinski definition) is 3. The second-order valence-corrected chi connectivity index (χ2v) is 5.42. The molecule has 1 aliphatic rings. The molecular formula is C12H15F3N2OS. The third-order valence-corrected chi connectivity index (χ3v) is 4.14. The number of carbonyl (C=O) groups is 1. The Balaban J connectivity index is 1.93. The predicted octanol–water partition coefficient (Wildman–Crippen LogP) is 1.95. The summed E-state index contributed by atoms with van der Waals surface area (Å²) in [5.41, 5.74) is -1.24. The Hall–Kier alpha value is -1.08. The third-order valence-electron chi connectivity index (χ3n) is 3.41. The summed E-state index contributed by atoms with van der Waals surface area (Å²) in [5.74, 6) is -0.916. The van der Waals surface area contributed by atoms with Gasteiger partial charge in [-0.2, -0.15) is 24.5 Å². The monoisotopic (exact) mass is 292 g/mol. The number of alkyl halides is 3. The average Bonchev–Trinajstić information content (AvgIpc) is 2.99. The van der Waals surface area contributed by atoms with Gasteiger partial charge in [-0.05, 0) is 41.8 Å². The SMILES string of the molecule is O=C(NCCc1ccsc1)C1(C(F)(F)F)CCNC1. The quantitative estimate of drug-likeness (QED) is 0.890. The minimum absolute atomic E-state index is 0.194. The first kappa shape index (κ1) is 14.3. The van der Waals surface area contributed by atoms with E-state index in [4.69, 9.17) is 0 Å². The van der Waals surface area contributed by atoms with Gasteiger partial charge in [0.15, 0.2) is 5.41 Å². The topological polar surface area (TPSA) is 41.1 Å². The number of amides is 1. The first-order valence-corrected chi connectivity index (χ1v) is 6.97. The number of hydrogen-bond donors (Lipinski definition) is 2. The maximum Gasteiger partial charge on any atom is 0.404 e. The molecule has 1 aromatic heterocycles. The molecule has 2 rings (SSSR count). The fourth-order valence-corrected chi connectivity index (χ4v) is 2.88. The Bertz CT molecular complexity index is 425. The van der Waals surface area contributed by atoms with Gasteiger partial charge in [0.25, 0.3) is 0 Å². The van der Waals surface area contributed by atoms with Crippen LogP contribution < -0.4 is 10.6 Å². The van der Waals surface area contributed by atoms with Gasteiger partial charge >= 0.3 is 6.18 Å². The van der Waals surface area contributed by atoms with E-state index in [-0.39, 0.29) is 26.1 Å². The summed E-state index contributed by atoms with van der Waals surface area (Å²) in [6.07, 6.45) is -4.15. The Kier molecular flexibility index (Phi) is 4.15. The Morgan fingerprint density at radius 2 is 2.32 bits per heavy atom. The zero-order chi connectivity index (χ0) is 13.9. The minimum Gasteiger partial charge on any atom is -0.355 e. The molecule has 0 saturated carbocycles. The van der Waals surface area contributed by atoms with E-state index in [1.807, 2.05) is 16.8 Å². The van der Waals surface area contributed by atoms with Crippen molar-refractivity contribution in [2.75, 3.05) is 19.6 Å². The molecule has 0 bridgehead atoms. The molecule has 1 aliphatic heterocycles. The van der Waals surface area contributed by atoms with Crippen LogP contribution in [0.25, 0.3) is 0 Å². The minimum atomic E-state index is -4.51. The lowest BCUT2D eigenvalue weighted by molar-refractivity contribution is -0.215. The van der Waals surface area contributed by atoms with Crippen molar-refractivity contribution in [1.82, 2.24) is 10.6 Å². The van der Waals surface area contributed by atoms with Gasteiger partial charge in [0, 0.05) is 13.1 Å². The summed E-state index contributed by atoms with van der Waals surface area (Å²) in [5, 5.41) is 8.86. The number of nitrogens with one attached hydrogen (secondary N) is 2. The lowest BCUT2D eigenvalue weighted by atomic mass is 9.85. The molecule has 0 radical (unpaired) electrons. The van der Waals surface area contributed by atoms with Gasteiger partial charge in [0.05, 0.1) is 0 Å². The molecule has 0 aliphatic carbocycles. The highest BCUT2D eigenvalue weighted by atomic mass is 32.1. The Morgan fingerprint density at radius 1 is 1.53 bits per heavy atom. The first-order valence-electron chi connectivity index (χ1n) is 6.02. The molecule has 1 amide bonds. The molecule has 1 unspecified atom stereocenters. The van der Waals surface area contributed by atoms with Crippen LogP contribution in [0.3, 0.4) is 0 Å².